The Bertz CT molecular complexity index is 1240. The molecular weight excluding hydrogens is 450 g/mol. The average Bonchev–Trinajstić information content (AvgIpc) is 3.10. The average molecular weight is 478 g/mol. The maximum atomic E-state index is 13.6. The Hall–Kier alpha value is -3.38. The quantitative estimate of drug-likeness (QED) is 0.450. The fraction of sp³-hybridized carbons (Fsp3) is 0.296. The molecule has 0 fully saturated rings. The number of amides is 3. The van der Waals surface area contributed by atoms with Crippen LogP contribution < -0.4 is 10.2 Å². The van der Waals surface area contributed by atoms with E-state index in [0.717, 1.165) is 29.2 Å². The van der Waals surface area contributed by atoms with Crippen molar-refractivity contribution < 1.29 is 14.4 Å². The molecule has 3 aromatic rings. The van der Waals surface area contributed by atoms with E-state index >= 15 is 0 Å². The van der Waals surface area contributed by atoms with Gasteiger partial charge in [-0.05, 0) is 48.6 Å². The summed E-state index contributed by atoms with van der Waals surface area (Å²) in [4.78, 5) is 42.6. The molecule has 1 aliphatic rings. The third kappa shape index (κ3) is 4.77. The molecule has 0 aromatic heterocycles. The lowest BCUT2D eigenvalue weighted by Crippen LogP contribution is -2.51. The molecule has 0 bridgehead atoms. The van der Waals surface area contributed by atoms with E-state index < -0.39 is 6.04 Å². The van der Waals surface area contributed by atoms with Gasteiger partial charge in [0.1, 0.15) is 12.6 Å². The van der Waals surface area contributed by atoms with E-state index in [1.54, 1.807) is 25.1 Å². The lowest BCUT2D eigenvalue weighted by atomic mass is 10.1. The second kappa shape index (κ2) is 10.3. The molecule has 1 N–H and O–H groups in total. The smallest absolute Gasteiger partial charge is 0.259 e. The number of carbonyl (C=O) groups is 3. The molecule has 7 heteroatoms. The van der Waals surface area contributed by atoms with Crippen LogP contribution in [-0.4, -0.2) is 41.8 Å². The molecule has 176 valence electrons. The fourth-order valence-corrected chi connectivity index (χ4v) is 4.53. The zero-order valence-corrected chi connectivity index (χ0v) is 20.1. The molecule has 1 unspecified atom stereocenters. The summed E-state index contributed by atoms with van der Waals surface area (Å²) in [6, 6.07) is 17.8. The van der Waals surface area contributed by atoms with Gasteiger partial charge in [0.05, 0.1) is 5.69 Å². The van der Waals surface area contributed by atoms with Gasteiger partial charge < -0.3 is 10.2 Å². The lowest BCUT2D eigenvalue weighted by molar-refractivity contribution is -0.139. The van der Waals surface area contributed by atoms with Gasteiger partial charge >= 0.3 is 0 Å². The minimum atomic E-state index is -0.709. The number of unbranched alkanes of at least 4 members (excludes halogenated alkanes) is 1. The van der Waals surface area contributed by atoms with E-state index in [1.807, 2.05) is 42.5 Å². The summed E-state index contributed by atoms with van der Waals surface area (Å²) < 4.78 is 0. The van der Waals surface area contributed by atoms with Gasteiger partial charge in [-0.2, -0.15) is 0 Å². The number of carbonyl (C=O) groups excluding carboxylic acids is 3. The van der Waals surface area contributed by atoms with Gasteiger partial charge in [0.2, 0.25) is 11.8 Å². The van der Waals surface area contributed by atoms with Crippen LogP contribution >= 0.6 is 11.6 Å². The summed E-state index contributed by atoms with van der Waals surface area (Å²) in [7, 11) is 0. The number of anilines is 1. The van der Waals surface area contributed by atoms with Gasteiger partial charge in [0.25, 0.3) is 5.91 Å². The van der Waals surface area contributed by atoms with E-state index in [4.69, 9.17) is 11.6 Å². The van der Waals surface area contributed by atoms with Crippen LogP contribution in [0.5, 0.6) is 0 Å². The Kier molecular flexibility index (Phi) is 7.17. The van der Waals surface area contributed by atoms with Crippen molar-refractivity contribution >= 4 is 45.8 Å². The van der Waals surface area contributed by atoms with Crippen LogP contribution in [0, 0.1) is 0 Å². The largest absolute Gasteiger partial charge is 0.354 e. The van der Waals surface area contributed by atoms with Gasteiger partial charge in [-0.25, -0.2) is 0 Å². The van der Waals surface area contributed by atoms with Crippen molar-refractivity contribution in [3.05, 3.63) is 76.8 Å². The van der Waals surface area contributed by atoms with Crippen molar-refractivity contribution in [1.82, 2.24) is 10.2 Å². The molecule has 0 saturated heterocycles. The molecule has 0 radical (unpaired) electrons. The van der Waals surface area contributed by atoms with Crippen molar-refractivity contribution in [2.45, 2.75) is 39.3 Å². The fourth-order valence-electron chi connectivity index (χ4n) is 4.31. The zero-order chi connectivity index (χ0) is 24.2. The Morgan fingerprint density at radius 1 is 1.09 bits per heavy atom. The topological polar surface area (TPSA) is 69.7 Å². The standard InChI is InChI=1S/C27H28ClN3O3/c1-3-4-14-29-26(33)18(2)30(16-19-8-5-11-21(28)15-19)24(32)17-31-23-13-7-10-20-9-6-12-22(25(20)23)27(31)34/h5-13,15,18H,3-4,14,16-17H2,1-2H3,(H,29,33). The predicted molar refractivity (Wildman–Crippen MR) is 135 cm³/mol. The molecule has 1 aliphatic heterocycles. The first kappa shape index (κ1) is 23.8. The van der Waals surface area contributed by atoms with E-state index in [2.05, 4.69) is 12.2 Å². The molecule has 1 atom stereocenters. The van der Waals surface area contributed by atoms with Crippen molar-refractivity contribution in [1.29, 1.82) is 0 Å². The normalized spacial score (nSPS) is 13.3. The molecule has 3 aromatic carbocycles. The highest BCUT2D eigenvalue weighted by molar-refractivity contribution is 6.30. The summed E-state index contributed by atoms with van der Waals surface area (Å²) in [5, 5.41) is 5.28. The first-order valence-electron chi connectivity index (χ1n) is 11.6. The molecular formula is C27H28ClN3O3. The molecule has 1 heterocycles. The summed E-state index contributed by atoms with van der Waals surface area (Å²) in [6.07, 6.45) is 1.83. The number of rotatable bonds is 9. The van der Waals surface area contributed by atoms with Crippen molar-refractivity contribution in [2.75, 3.05) is 18.0 Å². The SMILES string of the molecule is CCCCNC(=O)C(C)N(Cc1cccc(Cl)c1)C(=O)CN1C(=O)c2cccc3cccc1c23. The Labute approximate surface area is 204 Å². The molecule has 6 nitrogen and oxygen atoms in total. The number of hydrogen-bond acceptors (Lipinski definition) is 3. The Morgan fingerprint density at radius 2 is 1.82 bits per heavy atom. The van der Waals surface area contributed by atoms with E-state index in [-0.39, 0.29) is 30.8 Å². The second-order valence-electron chi connectivity index (χ2n) is 8.54. The minimum Gasteiger partial charge on any atom is -0.354 e. The Balaban J connectivity index is 1.60. The summed E-state index contributed by atoms with van der Waals surface area (Å²) in [5.74, 6) is -0.735. The maximum Gasteiger partial charge on any atom is 0.259 e. The molecule has 34 heavy (non-hydrogen) atoms. The van der Waals surface area contributed by atoms with Gasteiger partial charge in [-0.1, -0.05) is 61.3 Å². The van der Waals surface area contributed by atoms with Gasteiger partial charge in [-0.15, -0.1) is 0 Å². The van der Waals surface area contributed by atoms with Gasteiger partial charge in [0.15, 0.2) is 0 Å². The molecule has 4 rings (SSSR count). The van der Waals surface area contributed by atoms with E-state index in [9.17, 15) is 14.4 Å². The minimum absolute atomic E-state index is 0.153. The van der Waals surface area contributed by atoms with E-state index in [1.165, 1.54) is 9.80 Å². The van der Waals surface area contributed by atoms with Gasteiger partial charge in [-0.3, -0.25) is 19.3 Å². The first-order valence-corrected chi connectivity index (χ1v) is 11.9. The van der Waals surface area contributed by atoms with Crippen LogP contribution in [0.25, 0.3) is 10.8 Å². The molecule has 0 aliphatic carbocycles. The highest BCUT2D eigenvalue weighted by Gasteiger charge is 2.34. The third-order valence-corrected chi connectivity index (χ3v) is 6.42. The number of nitrogens with one attached hydrogen (secondary N) is 1. The monoisotopic (exact) mass is 477 g/mol. The van der Waals surface area contributed by atoms with Crippen LogP contribution in [-0.2, 0) is 16.1 Å². The van der Waals surface area contributed by atoms with Crippen LogP contribution in [0.3, 0.4) is 0 Å². The lowest BCUT2D eigenvalue weighted by Gasteiger charge is -2.30. The van der Waals surface area contributed by atoms with Crippen molar-refractivity contribution in [3.63, 3.8) is 0 Å². The number of hydrogen-bond donors (Lipinski definition) is 1. The second-order valence-corrected chi connectivity index (χ2v) is 8.98. The highest BCUT2D eigenvalue weighted by atomic mass is 35.5. The van der Waals surface area contributed by atoms with Crippen LogP contribution in [0.2, 0.25) is 5.02 Å². The zero-order valence-electron chi connectivity index (χ0n) is 19.4. The molecule has 3 amide bonds. The van der Waals surface area contributed by atoms with Crippen molar-refractivity contribution in [3.8, 4) is 0 Å². The predicted octanol–water partition coefficient (Wildman–Crippen LogP) is 4.79. The van der Waals surface area contributed by atoms with Crippen LogP contribution in [0.4, 0.5) is 5.69 Å². The summed E-state index contributed by atoms with van der Waals surface area (Å²) in [5.41, 5.74) is 2.12. The maximum absolute atomic E-state index is 13.6. The van der Waals surface area contributed by atoms with E-state index in [0.29, 0.717) is 22.8 Å². The summed E-state index contributed by atoms with van der Waals surface area (Å²) in [6.45, 7) is 4.38. The number of nitrogens with zero attached hydrogens (tertiary/aromatic N) is 2. The number of halogens is 1. The Morgan fingerprint density at radius 3 is 2.56 bits per heavy atom. The first-order chi connectivity index (χ1) is 16.4. The number of benzene rings is 3. The van der Waals surface area contributed by atoms with Crippen LogP contribution in [0.1, 0.15) is 42.6 Å². The van der Waals surface area contributed by atoms with Crippen molar-refractivity contribution in [2.24, 2.45) is 0 Å². The highest BCUT2D eigenvalue weighted by Crippen LogP contribution is 2.37. The summed E-state index contributed by atoms with van der Waals surface area (Å²) >= 11 is 6.15. The van der Waals surface area contributed by atoms with Crippen LogP contribution in [0.15, 0.2) is 60.7 Å². The third-order valence-electron chi connectivity index (χ3n) is 6.18. The molecule has 0 saturated carbocycles. The molecule has 0 spiro atoms. The van der Waals surface area contributed by atoms with Gasteiger partial charge in [0, 0.05) is 29.1 Å².